The van der Waals surface area contributed by atoms with Crippen molar-refractivity contribution in [1.82, 2.24) is 9.80 Å². The zero-order valence-electron chi connectivity index (χ0n) is 22.0. The Morgan fingerprint density at radius 3 is 1.23 bits per heavy atom. The molecule has 1 fully saturated rings. The Morgan fingerprint density at radius 2 is 0.875 bits per heavy atom. The van der Waals surface area contributed by atoms with Crippen molar-refractivity contribution < 1.29 is 23.8 Å². The molecule has 2 N–H and O–H groups in total. The summed E-state index contributed by atoms with van der Waals surface area (Å²) in [5.41, 5.74) is 3.19. The number of benzene rings is 4. The van der Waals surface area contributed by atoms with Gasteiger partial charge in [-0.2, -0.15) is 0 Å². The second-order valence-corrected chi connectivity index (χ2v) is 10.3. The van der Waals surface area contributed by atoms with Gasteiger partial charge in [0.15, 0.2) is 0 Å². The van der Waals surface area contributed by atoms with Crippen LogP contribution >= 0.6 is 0 Å². The third-order valence-electron chi connectivity index (χ3n) is 7.54. The molecule has 4 aromatic carbocycles. The molecule has 1 saturated heterocycles. The average molecular weight is 543 g/mol. The fraction of sp³-hybridized carbons (Fsp3) is 0.242. The smallest absolute Gasteiger partial charge is 0.321 e. The molecule has 0 aromatic heterocycles. The fourth-order valence-electron chi connectivity index (χ4n) is 5.39. The number of rotatable bonds is 8. The molecular weight excluding hydrogens is 510 g/mol. The molecule has 7 heteroatoms. The standard InChI is InChI=1S/C33H32F2N2O3/c34-27-15-11-25(12-16-27)21-36-29(19-23-7-3-1-4-8-23)31(38)32(39)30(20-24-9-5-2-6-10-24)37(33(36)40)22-26-13-17-28(35)18-14-26/h1-18,29-32,38-39H,19-22H2. The predicted molar refractivity (Wildman–Crippen MR) is 149 cm³/mol. The second-order valence-electron chi connectivity index (χ2n) is 10.3. The van der Waals surface area contributed by atoms with E-state index in [0.717, 1.165) is 11.1 Å². The molecular formula is C33H32F2N2O3. The van der Waals surface area contributed by atoms with Crippen molar-refractivity contribution in [3.05, 3.63) is 143 Å². The largest absolute Gasteiger partial charge is 0.388 e. The van der Waals surface area contributed by atoms with Crippen LogP contribution in [0.1, 0.15) is 22.3 Å². The lowest BCUT2D eigenvalue weighted by molar-refractivity contribution is -0.0408. The molecule has 0 saturated carbocycles. The highest BCUT2D eigenvalue weighted by Gasteiger charge is 2.46. The Balaban J connectivity index is 1.57. The average Bonchev–Trinajstić information content (AvgIpc) is 3.03. The van der Waals surface area contributed by atoms with Crippen molar-refractivity contribution >= 4 is 6.03 Å². The van der Waals surface area contributed by atoms with Gasteiger partial charge in [-0.3, -0.25) is 0 Å². The summed E-state index contributed by atoms with van der Waals surface area (Å²) < 4.78 is 27.4. The Bertz CT molecular complexity index is 1280. The van der Waals surface area contributed by atoms with Gasteiger partial charge in [0.2, 0.25) is 0 Å². The number of carbonyl (C=O) groups is 1. The van der Waals surface area contributed by atoms with Gasteiger partial charge in [-0.05, 0) is 59.4 Å². The molecule has 2 amide bonds. The van der Waals surface area contributed by atoms with E-state index in [1.165, 1.54) is 24.3 Å². The van der Waals surface area contributed by atoms with E-state index < -0.39 is 24.3 Å². The number of hydrogen-bond acceptors (Lipinski definition) is 3. The van der Waals surface area contributed by atoms with Crippen LogP contribution in [-0.2, 0) is 25.9 Å². The van der Waals surface area contributed by atoms with Crippen molar-refractivity contribution in [2.45, 2.75) is 50.2 Å². The maximum atomic E-state index is 14.5. The summed E-state index contributed by atoms with van der Waals surface area (Å²) in [4.78, 5) is 17.6. The van der Waals surface area contributed by atoms with Gasteiger partial charge in [-0.1, -0.05) is 84.9 Å². The summed E-state index contributed by atoms with van der Waals surface area (Å²) in [6.45, 7) is 0.219. The molecule has 1 heterocycles. The predicted octanol–water partition coefficient (Wildman–Crippen LogP) is 5.35. The lowest BCUT2D eigenvalue weighted by Gasteiger charge is -2.36. The van der Waals surface area contributed by atoms with Gasteiger partial charge in [-0.15, -0.1) is 0 Å². The third kappa shape index (κ3) is 6.38. The quantitative estimate of drug-likeness (QED) is 0.316. The molecule has 5 rings (SSSR count). The van der Waals surface area contributed by atoms with E-state index in [2.05, 4.69) is 0 Å². The van der Waals surface area contributed by atoms with Crippen molar-refractivity contribution in [2.75, 3.05) is 0 Å². The molecule has 4 aromatic rings. The van der Waals surface area contributed by atoms with Crippen molar-refractivity contribution in [3.8, 4) is 0 Å². The summed E-state index contributed by atoms with van der Waals surface area (Å²) >= 11 is 0. The Morgan fingerprint density at radius 1 is 0.525 bits per heavy atom. The minimum Gasteiger partial charge on any atom is -0.388 e. The van der Waals surface area contributed by atoms with Crippen LogP contribution < -0.4 is 0 Å². The molecule has 40 heavy (non-hydrogen) atoms. The maximum absolute atomic E-state index is 14.5. The number of carbonyl (C=O) groups excluding carboxylic acids is 1. The first-order chi connectivity index (χ1) is 19.4. The summed E-state index contributed by atoms with van der Waals surface area (Å²) in [6.07, 6.45) is -1.91. The highest BCUT2D eigenvalue weighted by atomic mass is 19.1. The van der Waals surface area contributed by atoms with Gasteiger partial charge in [0.25, 0.3) is 0 Å². The minimum absolute atomic E-state index is 0.109. The second kappa shape index (κ2) is 12.4. The first-order valence-corrected chi connectivity index (χ1v) is 13.4. The maximum Gasteiger partial charge on any atom is 0.321 e. The number of aliphatic hydroxyl groups is 2. The number of aliphatic hydroxyl groups excluding tert-OH is 2. The molecule has 0 aliphatic carbocycles. The summed E-state index contributed by atoms with van der Waals surface area (Å²) in [6, 6.07) is 28.9. The van der Waals surface area contributed by atoms with E-state index in [0.29, 0.717) is 24.0 Å². The van der Waals surface area contributed by atoms with Gasteiger partial charge in [0, 0.05) is 13.1 Å². The van der Waals surface area contributed by atoms with E-state index in [1.54, 1.807) is 34.1 Å². The van der Waals surface area contributed by atoms with E-state index in [1.807, 2.05) is 60.7 Å². The number of urea groups is 1. The summed E-state index contributed by atoms with van der Waals surface area (Å²) in [7, 11) is 0. The van der Waals surface area contributed by atoms with E-state index in [9.17, 15) is 23.8 Å². The van der Waals surface area contributed by atoms with Crippen LogP contribution in [0.15, 0.2) is 109 Å². The molecule has 4 unspecified atom stereocenters. The van der Waals surface area contributed by atoms with Crippen LogP contribution in [0.25, 0.3) is 0 Å². The van der Waals surface area contributed by atoms with E-state index >= 15 is 0 Å². The molecule has 5 nitrogen and oxygen atoms in total. The highest BCUT2D eigenvalue weighted by molar-refractivity contribution is 5.76. The third-order valence-corrected chi connectivity index (χ3v) is 7.54. The number of nitrogens with zero attached hydrogens (tertiary/aromatic N) is 2. The normalized spacial score (nSPS) is 21.4. The van der Waals surface area contributed by atoms with Gasteiger partial charge in [0.05, 0.1) is 12.1 Å². The van der Waals surface area contributed by atoms with Crippen LogP contribution in [0.4, 0.5) is 13.6 Å². The SMILES string of the molecule is O=C1N(Cc2ccc(F)cc2)C(Cc2ccccc2)C(O)C(O)C(Cc2ccccc2)N1Cc1ccc(F)cc1. The Hall–Kier alpha value is -4.07. The molecule has 0 radical (unpaired) electrons. The topological polar surface area (TPSA) is 64.0 Å². The first kappa shape index (κ1) is 27.5. The van der Waals surface area contributed by atoms with Gasteiger partial charge in [-0.25, -0.2) is 13.6 Å². The Kier molecular flexibility index (Phi) is 8.53. The van der Waals surface area contributed by atoms with E-state index in [4.69, 9.17) is 0 Å². The van der Waals surface area contributed by atoms with Gasteiger partial charge >= 0.3 is 6.03 Å². The monoisotopic (exact) mass is 542 g/mol. The zero-order chi connectivity index (χ0) is 28.1. The lowest BCUT2D eigenvalue weighted by Crippen LogP contribution is -2.50. The van der Waals surface area contributed by atoms with Crippen LogP contribution in [0.2, 0.25) is 0 Å². The van der Waals surface area contributed by atoms with Gasteiger partial charge < -0.3 is 20.0 Å². The summed E-state index contributed by atoms with van der Waals surface area (Å²) in [5.74, 6) is -0.772. The number of hydrogen-bond donors (Lipinski definition) is 2. The van der Waals surface area contributed by atoms with Crippen molar-refractivity contribution in [2.24, 2.45) is 0 Å². The molecule has 1 aliphatic rings. The number of halogens is 2. The summed E-state index contributed by atoms with van der Waals surface area (Å²) in [5, 5.41) is 23.4. The van der Waals surface area contributed by atoms with Crippen molar-refractivity contribution in [3.63, 3.8) is 0 Å². The van der Waals surface area contributed by atoms with Crippen LogP contribution in [0.3, 0.4) is 0 Å². The molecule has 206 valence electrons. The van der Waals surface area contributed by atoms with Crippen LogP contribution in [0, 0.1) is 11.6 Å². The molecule has 4 atom stereocenters. The zero-order valence-corrected chi connectivity index (χ0v) is 22.0. The van der Waals surface area contributed by atoms with Crippen LogP contribution in [0.5, 0.6) is 0 Å². The molecule has 0 spiro atoms. The Labute approximate surface area is 232 Å². The lowest BCUT2D eigenvalue weighted by atomic mass is 9.91. The van der Waals surface area contributed by atoms with E-state index in [-0.39, 0.29) is 30.8 Å². The highest BCUT2D eigenvalue weighted by Crippen LogP contribution is 2.30. The molecule has 1 aliphatic heterocycles. The first-order valence-electron chi connectivity index (χ1n) is 13.4. The minimum atomic E-state index is -1.27. The molecule has 0 bridgehead atoms. The van der Waals surface area contributed by atoms with Crippen LogP contribution in [-0.4, -0.2) is 50.3 Å². The fourth-order valence-corrected chi connectivity index (χ4v) is 5.39. The van der Waals surface area contributed by atoms with Gasteiger partial charge in [0.1, 0.15) is 23.8 Å². The number of amides is 2. The van der Waals surface area contributed by atoms with Crippen molar-refractivity contribution in [1.29, 1.82) is 0 Å².